The molecule has 1 heterocycles. The molecule has 1 N–H and O–H groups in total. The molecule has 4 rings (SSSR count). The first-order valence-electron chi connectivity index (χ1n) is 15.8. The summed E-state index contributed by atoms with van der Waals surface area (Å²) in [6.07, 6.45) is 4.86. The van der Waals surface area contributed by atoms with Crippen LogP contribution in [-0.4, -0.2) is 71.4 Å². The van der Waals surface area contributed by atoms with E-state index in [9.17, 15) is 24.0 Å². The Bertz CT molecular complexity index is 1240. The summed E-state index contributed by atoms with van der Waals surface area (Å²) in [5.74, 6) is -2.30. The summed E-state index contributed by atoms with van der Waals surface area (Å²) in [5, 5.41) is 2.84. The molecule has 3 amide bonds. The number of carbonyl (C=O) groups excluding carboxylic acids is 5. The first-order chi connectivity index (χ1) is 20.9. The molecule has 3 aliphatic rings. The topological polar surface area (TPSA) is 122 Å². The monoisotopic (exact) mass is 609 g/mol. The number of carbonyl (C=O) groups is 5. The van der Waals surface area contributed by atoms with Gasteiger partial charge in [0, 0.05) is 13.0 Å². The number of nitrogens with one attached hydrogen (secondary N) is 1. The van der Waals surface area contributed by atoms with E-state index in [0.717, 1.165) is 31.2 Å². The maximum absolute atomic E-state index is 14.3. The summed E-state index contributed by atoms with van der Waals surface area (Å²) in [6, 6.07) is 8.24. The second-order valence-electron chi connectivity index (χ2n) is 13.5. The molecule has 44 heavy (non-hydrogen) atoms. The first kappa shape index (κ1) is 33.2. The van der Waals surface area contributed by atoms with Crippen molar-refractivity contribution < 1.29 is 33.4 Å². The molecule has 0 bridgehead atoms. The third-order valence-electron chi connectivity index (χ3n) is 9.22. The maximum Gasteiger partial charge on any atom is 0.411 e. The van der Waals surface area contributed by atoms with E-state index in [1.54, 1.807) is 6.08 Å². The van der Waals surface area contributed by atoms with Crippen LogP contribution >= 0.6 is 0 Å². The van der Waals surface area contributed by atoms with Crippen LogP contribution in [0.15, 0.2) is 43.0 Å². The smallest absolute Gasteiger partial charge is 0.411 e. The van der Waals surface area contributed by atoms with Crippen LogP contribution in [0.4, 0.5) is 4.79 Å². The molecule has 240 valence electrons. The standard InChI is InChI=1S/C34H47N3O7/c1-6-24-18-34(24,31(41)35-7-2)19-28(38)27-20-36(32(42)43-21-23-13-9-8-10-14-23)22-37(27)30(40)26(33(3,4)5)17-29(39)44-25-15-11-12-16-25/h6,8-10,13-14,24-27H,1,7,11-12,15-22H2,2-5H3,(H,35,41)/t24-,26-,27+,34-/m1/s1. The maximum atomic E-state index is 14.3. The third-order valence-corrected chi connectivity index (χ3v) is 9.22. The van der Waals surface area contributed by atoms with Crippen LogP contribution in [0.1, 0.15) is 78.2 Å². The van der Waals surface area contributed by atoms with Gasteiger partial charge in [-0.05, 0) is 55.9 Å². The SMILES string of the molecule is C=C[C@@H]1C[C@]1(CC(=O)[C@@H]1CN(C(=O)OCc2ccccc2)CN1C(=O)[C@@H](CC(=O)OC1CCCC1)C(C)(C)C)C(=O)NCC. The van der Waals surface area contributed by atoms with E-state index in [4.69, 9.17) is 9.47 Å². The van der Waals surface area contributed by atoms with Crippen LogP contribution in [0.5, 0.6) is 0 Å². The molecule has 3 fully saturated rings. The molecule has 4 atom stereocenters. The lowest BCUT2D eigenvalue weighted by Gasteiger charge is -2.34. The Morgan fingerprint density at radius 2 is 1.80 bits per heavy atom. The minimum atomic E-state index is -0.986. The molecule has 10 nitrogen and oxygen atoms in total. The zero-order valence-corrected chi connectivity index (χ0v) is 26.5. The van der Waals surface area contributed by atoms with Gasteiger partial charge in [0.05, 0.1) is 31.0 Å². The normalized spacial score (nSPS) is 24.0. The molecule has 0 spiro atoms. The van der Waals surface area contributed by atoms with Crippen molar-refractivity contribution in [2.75, 3.05) is 19.8 Å². The quantitative estimate of drug-likeness (QED) is 0.271. The fraction of sp³-hybridized carbons (Fsp3) is 0.618. The number of nitrogens with zero attached hydrogens (tertiary/aromatic N) is 2. The van der Waals surface area contributed by atoms with Gasteiger partial charge in [0.15, 0.2) is 5.78 Å². The molecule has 10 heteroatoms. The first-order valence-corrected chi connectivity index (χ1v) is 15.8. The number of Topliss-reactive ketones (excluding diaryl/α,β-unsaturated/α-hetero) is 1. The number of allylic oxidation sites excluding steroid dienone is 1. The predicted molar refractivity (Wildman–Crippen MR) is 164 cm³/mol. The Balaban J connectivity index is 1.55. The molecule has 0 unspecified atom stereocenters. The molecule has 0 aromatic heterocycles. The van der Waals surface area contributed by atoms with E-state index in [-0.39, 0.29) is 56.4 Å². The van der Waals surface area contributed by atoms with Crippen molar-refractivity contribution in [3.05, 3.63) is 48.6 Å². The van der Waals surface area contributed by atoms with Crippen LogP contribution in [0, 0.1) is 22.7 Å². The van der Waals surface area contributed by atoms with E-state index < -0.39 is 40.8 Å². The van der Waals surface area contributed by atoms with Crippen molar-refractivity contribution in [3.63, 3.8) is 0 Å². The number of benzene rings is 1. The molecule has 1 aliphatic heterocycles. The summed E-state index contributed by atoms with van der Waals surface area (Å²) in [6.45, 7) is 11.5. The largest absolute Gasteiger partial charge is 0.462 e. The molecular weight excluding hydrogens is 562 g/mol. The van der Waals surface area contributed by atoms with Gasteiger partial charge in [0.2, 0.25) is 11.8 Å². The highest BCUT2D eigenvalue weighted by molar-refractivity contribution is 5.97. The molecule has 1 aromatic rings. The van der Waals surface area contributed by atoms with Crippen LogP contribution in [0.25, 0.3) is 0 Å². The van der Waals surface area contributed by atoms with E-state index in [1.165, 1.54) is 9.80 Å². The van der Waals surface area contributed by atoms with Crippen molar-refractivity contribution in [3.8, 4) is 0 Å². The molecule has 2 saturated carbocycles. The Morgan fingerprint density at radius 1 is 1.11 bits per heavy atom. The second-order valence-corrected chi connectivity index (χ2v) is 13.5. The summed E-state index contributed by atoms with van der Waals surface area (Å²) in [5.41, 5.74) is -0.741. The van der Waals surface area contributed by atoms with E-state index in [2.05, 4.69) is 11.9 Å². The van der Waals surface area contributed by atoms with Gasteiger partial charge in [-0.25, -0.2) is 4.79 Å². The van der Waals surface area contributed by atoms with Gasteiger partial charge in [-0.3, -0.25) is 24.1 Å². The predicted octanol–water partition coefficient (Wildman–Crippen LogP) is 4.62. The lowest BCUT2D eigenvalue weighted by atomic mass is 9.77. The summed E-state index contributed by atoms with van der Waals surface area (Å²) < 4.78 is 11.2. The second kappa shape index (κ2) is 13.9. The number of ether oxygens (including phenoxy) is 2. The van der Waals surface area contributed by atoms with Gasteiger partial charge >= 0.3 is 12.1 Å². The number of rotatable bonds is 12. The number of esters is 1. The van der Waals surface area contributed by atoms with Crippen LogP contribution < -0.4 is 5.32 Å². The van der Waals surface area contributed by atoms with Crippen molar-refractivity contribution in [2.45, 2.75) is 91.4 Å². The lowest BCUT2D eigenvalue weighted by molar-refractivity contribution is -0.156. The minimum absolute atomic E-state index is 0.0433. The van der Waals surface area contributed by atoms with Gasteiger partial charge in [-0.2, -0.15) is 0 Å². The number of hydrogen-bond donors (Lipinski definition) is 1. The molecule has 0 radical (unpaired) electrons. The number of ketones is 1. The Morgan fingerprint density at radius 3 is 2.39 bits per heavy atom. The van der Waals surface area contributed by atoms with Crippen molar-refractivity contribution in [1.82, 2.24) is 15.1 Å². The minimum Gasteiger partial charge on any atom is -0.462 e. The zero-order valence-electron chi connectivity index (χ0n) is 26.5. The van der Waals surface area contributed by atoms with E-state index >= 15 is 0 Å². The van der Waals surface area contributed by atoms with Gasteiger partial charge in [-0.1, -0.05) is 57.2 Å². The average molecular weight is 610 g/mol. The Kier molecular flexibility index (Phi) is 10.5. The highest BCUT2D eigenvalue weighted by Crippen LogP contribution is 2.56. The van der Waals surface area contributed by atoms with E-state index in [0.29, 0.717) is 13.0 Å². The van der Waals surface area contributed by atoms with E-state index in [1.807, 2.05) is 58.0 Å². The van der Waals surface area contributed by atoms with Gasteiger partial charge < -0.3 is 19.7 Å². The highest BCUT2D eigenvalue weighted by Gasteiger charge is 2.60. The third kappa shape index (κ3) is 7.68. The number of hydrogen-bond acceptors (Lipinski definition) is 7. The molecular formula is C34H47N3O7. The molecule has 2 aliphatic carbocycles. The lowest BCUT2D eigenvalue weighted by Crippen LogP contribution is -2.49. The summed E-state index contributed by atoms with van der Waals surface area (Å²) >= 11 is 0. The fourth-order valence-electron chi connectivity index (χ4n) is 6.41. The van der Waals surface area contributed by atoms with Gasteiger partial charge in [-0.15, -0.1) is 6.58 Å². The van der Waals surface area contributed by atoms with Crippen LogP contribution in [0.2, 0.25) is 0 Å². The molecule has 1 aromatic carbocycles. The number of amides is 3. The summed E-state index contributed by atoms with van der Waals surface area (Å²) in [4.78, 5) is 70.2. The average Bonchev–Trinajstić information content (AvgIpc) is 3.28. The van der Waals surface area contributed by atoms with Crippen molar-refractivity contribution >= 4 is 29.7 Å². The van der Waals surface area contributed by atoms with Crippen molar-refractivity contribution in [1.29, 1.82) is 0 Å². The van der Waals surface area contributed by atoms with Gasteiger partial charge in [0.1, 0.15) is 18.8 Å². The molecule has 1 saturated heterocycles. The van der Waals surface area contributed by atoms with Crippen LogP contribution in [-0.2, 0) is 35.3 Å². The van der Waals surface area contributed by atoms with Crippen molar-refractivity contribution in [2.24, 2.45) is 22.7 Å². The van der Waals surface area contributed by atoms with Crippen LogP contribution in [0.3, 0.4) is 0 Å². The Labute approximate surface area is 260 Å². The summed E-state index contributed by atoms with van der Waals surface area (Å²) in [7, 11) is 0. The Hall–Kier alpha value is -3.69. The van der Waals surface area contributed by atoms with Gasteiger partial charge in [0.25, 0.3) is 0 Å². The fourth-order valence-corrected chi connectivity index (χ4v) is 6.41. The highest BCUT2D eigenvalue weighted by atomic mass is 16.6. The zero-order chi connectivity index (χ0) is 32.1.